The van der Waals surface area contributed by atoms with Crippen LogP contribution in [-0.2, 0) is 4.74 Å². The Morgan fingerprint density at radius 1 is 1.03 bits per heavy atom. The maximum atomic E-state index is 13.5. The van der Waals surface area contributed by atoms with Gasteiger partial charge < -0.3 is 14.5 Å². The van der Waals surface area contributed by atoms with Crippen LogP contribution in [0.1, 0.15) is 0 Å². The van der Waals surface area contributed by atoms with Gasteiger partial charge in [0.1, 0.15) is 18.2 Å². The highest BCUT2D eigenvalue weighted by atomic mass is 35.5. The molecule has 0 N–H and O–H groups in total. The van der Waals surface area contributed by atoms with Crippen LogP contribution in [0.3, 0.4) is 0 Å². The highest BCUT2D eigenvalue weighted by Gasteiger charge is 2.45. The molecule has 0 radical (unpaired) electrons. The number of benzene rings is 3. The first-order valence-electron chi connectivity index (χ1n) is 11.9. The van der Waals surface area contributed by atoms with E-state index < -0.39 is 12.2 Å². The third-order valence-electron chi connectivity index (χ3n) is 6.79. The molecular weight excluding hydrogens is 517 g/mol. The van der Waals surface area contributed by atoms with Crippen molar-refractivity contribution in [1.29, 1.82) is 0 Å². The molecule has 1 unspecified atom stereocenters. The minimum absolute atomic E-state index is 0.187. The molecule has 1 aliphatic rings. The van der Waals surface area contributed by atoms with Gasteiger partial charge in [-0.1, -0.05) is 35.9 Å². The van der Waals surface area contributed by atoms with Crippen LogP contribution in [0.4, 0.5) is 30.4 Å². The van der Waals surface area contributed by atoms with E-state index in [1.807, 2.05) is 66.5 Å². The fourth-order valence-corrected chi connectivity index (χ4v) is 4.99. The number of fused-ring (bicyclic) bond motifs is 3. The highest BCUT2D eigenvalue weighted by molar-refractivity contribution is 6.31. The summed E-state index contributed by atoms with van der Waals surface area (Å²) >= 11 is 6.26. The number of morpholine rings is 1. The Morgan fingerprint density at radius 3 is 2.63 bits per heavy atom. The summed E-state index contributed by atoms with van der Waals surface area (Å²) < 4.78 is 47.4. The van der Waals surface area contributed by atoms with Gasteiger partial charge >= 0.3 is 6.18 Å². The summed E-state index contributed by atoms with van der Waals surface area (Å²) in [5, 5.41) is 9.57. The van der Waals surface area contributed by atoms with Crippen molar-refractivity contribution in [3.05, 3.63) is 78.1 Å². The van der Waals surface area contributed by atoms with E-state index in [2.05, 4.69) is 10.2 Å². The third-order valence-corrected chi connectivity index (χ3v) is 7.02. The van der Waals surface area contributed by atoms with Gasteiger partial charge in [-0.2, -0.15) is 18.2 Å². The molecule has 3 aromatic carbocycles. The summed E-state index contributed by atoms with van der Waals surface area (Å²) in [7, 11) is 1.92. The molecule has 0 saturated carbocycles. The number of hydrogen-bond donors (Lipinski definition) is 0. The lowest BCUT2D eigenvalue weighted by atomic mass is 10.0. The number of ether oxygens (including phenoxy) is 1. The van der Waals surface area contributed by atoms with Crippen LogP contribution in [-0.4, -0.2) is 58.6 Å². The second-order valence-electron chi connectivity index (χ2n) is 9.08. The van der Waals surface area contributed by atoms with Crippen molar-refractivity contribution >= 4 is 45.5 Å². The van der Waals surface area contributed by atoms with Crippen molar-refractivity contribution in [2.75, 3.05) is 36.6 Å². The predicted molar refractivity (Wildman–Crippen MR) is 141 cm³/mol. The lowest BCUT2D eigenvalue weighted by molar-refractivity contribution is -0.167. The van der Waals surface area contributed by atoms with Gasteiger partial charge in [-0.15, -0.1) is 10.2 Å². The number of rotatable bonds is 4. The molecule has 0 aliphatic carbocycles. The molecule has 194 valence electrons. The summed E-state index contributed by atoms with van der Waals surface area (Å²) in [6.45, 7) is 0.0831. The summed E-state index contributed by atoms with van der Waals surface area (Å²) in [6, 6.07) is 19.0. The third kappa shape index (κ3) is 4.39. The van der Waals surface area contributed by atoms with Crippen molar-refractivity contribution in [1.82, 2.24) is 19.6 Å². The molecule has 11 heteroatoms. The molecule has 6 rings (SSSR count). The zero-order valence-electron chi connectivity index (χ0n) is 20.2. The molecule has 2 aromatic heterocycles. The first-order chi connectivity index (χ1) is 18.3. The molecule has 1 fully saturated rings. The zero-order valence-corrected chi connectivity index (χ0v) is 21.0. The fourth-order valence-electron chi connectivity index (χ4n) is 4.82. The van der Waals surface area contributed by atoms with Gasteiger partial charge in [0.05, 0.1) is 18.7 Å². The standard InChI is InChI=1S/C27H22ClF3N6O/c1-35(25-22-10-7-19(28)14-23(22)37-16-32-34-26(37)33-25)21-4-2-3-18(13-21)17-5-8-20(9-6-17)36-11-12-38-15-24(36)27(29,30)31/h2-10,13-14,16,24H,11-12,15H2,1H3. The number of hydrogen-bond acceptors (Lipinski definition) is 6. The molecule has 0 amide bonds. The van der Waals surface area contributed by atoms with Gasteiger partial charge in [0.25, 0.3) is 5.78 Å². The van der Waals surface area contributed by atoms with Gasteiger partial charge in [0, 0.05) is 35.4 Å². The molecule has 1 saturated heterocycles. The Hall–Kier alpha value is -3.89. The zero-order chi connectivity index (χ0) is 26.4. The summed E-state index contributed by atoms with van der Waals surface area (Å²) in [6.07, 6.45) is -2.76. The predicted octanol–water partition coefficient (Wildman–Crippen LogP) is 6.13. The Kier molecular flexibility index (Phi) is 6.08. The monoisotopic (exact) mass is 538 g/mol. The van der Waals surface area contributed by atoms with E-state index in [4.69, 9.17) is 21.3 Å². The molecule has 1 aliphatic heterocycles. The number of aromatic nitrogens is 4. The van der Waals surface area contributed by atoms with Crippen molar-refractivity contribution in [3.63, 3.8) is 0 Å². The lowest BCUT2D eigenvalue weighted by Gasteiger charge is -2.38. The second-order valence-corrected chi connectivity index (χ2v) is 9.52. The van der Waals surface area contributed by atoms with Crippen LogP contribution in [0.15, 0.2) is 73.1 Å². The normalized spacial score (nSPS) is 16.3. The van der Waals surface area contributed by atoms with E-state index in [0.29, 0.717) is 22.3 Å². The van der Waals surface area contributed by atoms with Crippen LogP contribution in [0.5, 0.6) is 0 Å². The average molecular weight is 539 g/mol. The van der Waals surface area contributed by atoms with E-state index in [0.717, 1.165) is 27.7 Å². The summed E-state index contributed by atoms with van der Waals surface area (Å²) in [5.74, 6) is 1.14. The second kappa shape index (κ2) is 9.45. The van der Waals surface area contributed by atoms with E-state index in [1.165, 1.54) is 4.90 Å². The van der Waals surface area contributed by atoms with Crippen LogP contribution in [0.25, 0.3) is 27.8 Å². The van der Waals surface area contributed by atoms with Crippen LogP contribution < -0.4 is 9.80 Å². The molecular formula is C27H22ClF3N6O. The summed E-state index contributed by atoms with van der Waals surface area (Å²) in [5.41, 5.74) is 4.04. The molecule has 5 aromatic rings. The lowest BCUT2D eigenvalue weighted by Crippen LogP contribution is -2.53. The first kappa shape index (κ1) is 24.4. The van der Waals surface area contributed by atoms with E-state index in [1.54, 1.807) is 22.9 Å². The van der Waals surface area contributed by atoms with E-state index in [-0.39, 0.29) is 19.8 Å². The van der Waals surface area contributed by atoms with Crippen molar-refractivity contribution < 1.29 is 17.9 Å². The van der Waals surface area contributed by atoms with Crippen LogP contribution >= 0.6 is 11.6 Å². The van der Waals surface area contributed by atoms with Crippen molar-refractivity contribution in [2.45, 2.75) is 12.2 Å². The van der Waals surface area contributed by atoms with Crippen molar-refractivity contribution in [2.24, 2.45) is 0 Å². The van der Waals surface area contributed by atoms with Crippen LogP contribution in [0.2, 0.25) is 5.02 Å². The molecule has 3 heterocycles. The highest BCUT2D eigenvalue weighted by Crippen LogP contribution is 2.35. The molecule has 0 spiro atoms. The smallest absolute Gasteiger partial charge is 0.377 e. The number of halogens is 4. The Balaban J connectivity index is 1.33. The van der Waals surface area contributed by atoms with E-state index >= 15 is 0 Å². The van der Waals surface area contributed by atoms with Gasteiger partial charge in [0.2, 0.25) is 0 Å². The van der Waals surface area contributed by atoms with Crippen LogP contribution in [0, 0.1) is 0 Å². The largest absolute Gasteiger partial charge is 0.411 e. The van der Waals surface area contributed by atoms with E-state index in [9.17, 15) is 13.2 Å². The van der Waals surface area contributed by atoms with Gasteiger partial charge in [-0.3, -0.25) is 4.40 Å². The Labute approximate surface area is 221 Å². The average Bonchev–Trinajstić information content (AvgIpc) is 3.41. The SMILES string of the molecule is CN(c1cccc(-c2ccc(N3CCOCC3C(F)(F)F)cc2)c1)c1nc2nncn2c2cc(Cl)ccc12. The maximum absolute atomic E-state index is 13.5. The Bertz CT molecular complexity index is 1620. The topological polar surface area (TPSA) is 58.8 Å². The molecule has 0 bridgehead atoms. The Morgan fingerprint density at radius 2 is 1.84 bits per heavy atom. The number of anilines is 3. The minimum Gasteiger partial charge on any atom is -0.377 e. The van der Waals surface area contributed by atoms with Gasteiger partial charge in [-0.25, -0.2) is 0 Å². The summed E-state index contributed by atoms with van der Waals surface area (Å²) in [4.78, 5) is 8.05. The molecule has 1 atom stereocenters. The quantitative estimate of drug-likeness (QED) is 0.274. The fraction of sp³-hybridized carbons (Fsp3) is 0.222. The van der Waals surface area contributed by atoms with Gasteiger partial charge in [0.15, 0.2) is 0 Å². The minimum atomic E-state index is -4.36. The number of alkyl halides is 3. The van der Waals surface area contributed by atoms with Crippen molar-refractivity contribution in [3.8, 4) is 11.1 Å². The first-order valence-corrected chi connectivity index (χ1v) is 12.3. The van der Waals surface area contributed by atoms with Gasteiger partial charge in [-0.05, 0) is 53.6 Å². The molecule has 38 heavy (non-hydrogen) atoms. The maximum Gasteiger partial charge on any atom is 0.411 e. The number of nitrogens with zero attached hydrogens (tertiary/aromatic N) is 6. The molecule has 7 nitrogen and oxygen atoms in total.